The normalized spacial score (nSPS) is 14.8. The Bertz CT molecular complexity index is 1030. The summed E-state index contributed by atoms with van der Waals surface area (Å²) in [6, 6.07) is 5.35. The molecule has 0 unspecified atom stereocenters. The smallest absolute Gasteiger partial charge is 0.294 e. The van der Waals surface area contributed by atoms with Crippen LogP contribution in [-0.4, -0.2) is 61.3 Å². The van der Waals surface area contributed by atoms with Crippen molar-refractivity contribution < 1.29 is 4.79 Å². The van der Waals surface area contributed by atoms with Gasteiger partial charge in [-0.2, -0.15) is 5.10 Å². The Balaban J connectivity index is 1.56. The first-order chi connectivity index (χ1) is 12.6. The van der Waals surface area contributed by atoms with Gasteiger partial charge in [0.1, 0.15) is 11.2 Å². The van der Waals surface area contributed by atoms with Crippen molar-refractivity contribution in [1.29, 1.82) is 0 Å². The first kappa shape index (κ1) is 16.2. The predicted molar refractivity (Wildman–Crippen MR) is 96.1 cm³/mol. The molecule has 3 aromatic heterocycles. The topological polar surface area (TPSA) is 89.2 Å². The first-order valence-electron chi connectivity index (χ1n) is 8.40. The number of carbonyl (C=O) groups is 1. The summed E-state index contributed by atoms with van der Waals surface area (Å²) in [6.45, 7) is 2.16. The van der Waals surface area contributed by atoms with Crippen LogP contribution >= 0.6 is 0 Å². The molecule has 9 nitrogen and oxygen atoms in total. The molecule has 0 N–H and O–H groups in total. The highest BCUT2D eigenvalue weighted by molar-refractivity contribution is 5.92. The second kappa shape index (κ2) is 6.25. The lowest BCUT2D eigenvalue weighted by molar-refractivity contribution is 0.0735. The molecule has 4 heterocycles. The Morgan fingerprint density at radius 3 is 2.54 bits per heavy atom. The highest BCUT2D eigenvalue weighted by Gasteiger charge is 2.26. The maximum absolute atomic E-state index is 12.7. The van der Waals surface area contributed by atoms with Crippen LogP contribution in [0.15, 0.2) is 35.4 Å². The van der Waals surface area contributed by atoms with Crippen molar-refractivity contribution in [2.45, 2.75) is 0 Å². The van der Waals surface area contributed by atoms with E-state index in [-0.39, 0.29) is 11.5 Å². The number of anilines is 1. The summed E-state index contributed by atoms with van der Waals surface area (Å²) in [7, 11) is 3.45. The summed E-state index contributed by atoms with van der Waals surface area (Å²) in [5, 5.41) is 4.04. The number of hydrogen-bond donors (Lipinski definition) is 0. The fraction of sp³-hybridized carbons (Fsp3) is 0.353. The highest BCUT2D eigenvalue weighted by atomic mass is 16.2. The molecular weight excluding hydrogens is 334 g/mol. The largest absolute Gasteiger partial charge is 0.348 e. The maximum atomic E-state index is 12.7. The summed E-state index contributed by atoms with van der Waals surface area (Å²) >= 11 is 0. The van der Waals surface area contributed by atoms with Gasteiger partial charge in [0, 0.05) is 52.7 Å². The third-order valence-electron chi connectivity index (χ3n) is 4.71. The molecule has 0 atom stereocenters. The van der Waals surface area contributed by atoms with Gasteiger partial charge in [-0.05, 0) is 18.2 Å². The van der Waals surface area contributed by atoms with E-state index in [1.165, 1.54) is 4.57 Å². The lowest BCUT2D eigenvalue weighted by atomic mass is 10.2. The molecule has 1 fully saturated rings. The van der Waals surface area contributed by atoms with Crippen LogP contribution in [0.2, 0.25) is 0 Å². The third kappa shape index (κ3) is 2.61. The lowest BCUT2D eigenvalue weighted by Gasteiger charge is -2.35. The predicted octanol–water partition coefficient (Wildman–Crippen LogP) is 0.0244. The van der Waals surface area contributed by atoms with Crippen molar-refractivity contribution in [3.05, 3.63) is 46.6 Å². The van der Waals surface area contributed by atoms with E-state index < -0.39 is 0 Å². The molecule has 0 aromatic carbocycles. The van der Waals surface area contributed by atoms with Gasteiger partial charge in [0.05, 0.1) is 0 Å². The summed E-state index contributed by atoms with van der Waals surface area (Å²) in [5.74, 6) is 0.355. The van der Waals surface area contributed by atoms with E-state index in [2.05, 4.69) is 15.1 Å². The number of hydrogen-bond acceptors (Lipinski definition) is 6. The van der Waals surface area contributed by atoms with Crippen LogP contribution < -0.4 is 10.5 Å². The quantitative estimate of drug-likeness (QED) is 0.645. The van der Waals surface area contributed by atoms with Crippen molar-refractivity contribution in [2.24, 2.45) is 14.1 Å². The molecule has 4 rings (SSSR count). The number of aryl methyl sites for hydroxylation is 2. The number of fused-ring (bicyclic) bond motifs is 1. The van der Waals surface area contributed by atoms with Gasteiger partial charge in [-0.3, -0.25) is 18.8 Å². The van der Waals surface area contributed by atoms with Gasteiger partial charge in [0.2, 0.25) is 0 Å². The molecule has 1 aliphatic rings. The fourth-order valence-electron chi connectivity index (χ4n) is 3.22. The Kier molecular flexibility index (Phi) is 3.90. The van der Waals surface area contributed by atoms with Gasteiger partial charge in [-0.15, -0.1) is 0 Å². The van der Waals surface area contributed by atoms with Gasteiger partial charge in [0.15, 0.2) is 11.5 Å². The van der Waals surface area contributed by atoms with E-state index in [0.717, 1.165) is 0 Å². The molecule has 3 aromatic rings. The second-order valence-corrected chi connectivity index (χ2v) is 6.27. The zero-order chi connectivity index (χ0) is 18.3. The van der Waals surface area contributed by atoms with Crippen LogP contribution in [-0.2, 0) is 14.1 Å². The van der Waals surface area contributed by atoms with E-state index in [4.69, 9.17) is 0 Å². The van der Waals surface area contributed by atoms with E-state index >= 15 is 0 Å². The van der Waals surface area contributed by atoms with Crippen LogP contribution in [0.4, 0.5) is 5.82 Å². The molecule has 1 amide bonds. The SMILES string of the molecule is Cn1nccc1C(=O)N1CCN(c2nc3cccnc3n(C)c2=O)CC1. The molecule has 0 saturated carbocycles. The number of carbonyl (C=O) groups excluding carboxylic acids is 1. The average Bonchev–Trinajstić information content (AvgIpc) is 3.10. The van der Waals surface area contributed by atoms with Crippen LogP contribution in [0.1, 0.15) is 10.5 Å². The van der Waals surface area contributed by atoms with E-state index in [0.29, 0.717) is 48.9 Å². The molecule has 134 valence electrons. The van der Waals surface area contributed by atoms with E-state index in [1.807, 2.05) is 11.0 Å². The Hall–Kier alpha value is -3.23. The molecule has 0 aliphatic carbocycles. The number of aromatic nitrogens is 5. The van der Waals surface area contributed by atoms with E-state index in [1.54, 1.807) is 48.2 Å². The molecule has 0 bridgehead atoms. The Morgan fingerprint density at radius 1 is 1.08 bits per heavy atom. The average molecular weight is 353 g/mol. The summed E-state index contributed by atoms with van der Waals surface area (Å²) in [6.07, 6.45) is 3.26. The molecule has 1 saturated heterocycles. The van der Waals surface area contributed by atoms with Gasteiger partial charge in [0.25, 0.3) is 11.5 Å². The minimum absolute atomic E-state index is 0.0479. The standard InChI is InChI=1S/C17H19N7O2/c1-21-14-12(4-3-6-18-14)20-15(17(21)26)23-8-10-24(11-9-23)16(25)13-5-7-19-22(13)2/h3-7H,8-11H2,1-2H3. The summed E-state index contributed by atoms with van der Waals surface area (Å²) in [4.78, 5) is 37.7. The first-order valence-corrected chi connectivity index (χ1v) is 8.40. The number of pyridine rings is 1. The van der Waals surface area contributed by atoms with Crippen LogP contribution in [0.3, 0.4) is 0 Å². The van der Waals surface area contributed by atoms with Crippen molar-refractivity contribution in [2.75, 3.05) is 31.1 Å². The van der Waals surface area contributed by atoms with Gasteiger partial charge < -0.3 is 9.80 Å². The monoisotopic (exact) mass is 353 g/mol. The van der Waals surface area contributed by atoms with Gasteiger partial charge in [-0.1, -0.05) is 0 Å². The lowest BCUT2D eigenvalue weighted by Crippen LogP contribution is -2.50. The van der Waals surface area contributed by atoms with Crippen LogP contribution in [0, 0.1) is 0 Å². The number of piperazine rings is 1. The fourth-order valence-corrected chi connectivity index (χ4v) is 3.22. The molecule has 1 aliphatic heterocycles. The Labute approximate surface area is 149 Å². The van der Waals surface area contributed by atoms with Crippen molar-refractivity contribution >= 4 is 22.9 Å². The van der Waals surface area contributed by atoms with Crippen molar-refractivity contribution in [3.63, 3.8) is 0 Å². The van der Waals surface area contributed by atoms with Crippen molar-refractivity contribution in [3.8, 4) is 0 Å². The molecule has 9 heteroatoms. The zero-order valence-corrected chi connectivity index (χ0v) is 14.7. The van der Waals surface area contributed by atoms with Crippen LogP contribution in [0.5, 0.6) is 0 Å². The number of rotatable bonds is 2. The third-order valence-corrected chi connectivity index (χ3v) is 4.71. The zero-order valence-electron chi connectivity index (χ0n) is 14.7. The summed E-state index contributed by atoms with van der Waals surface area (Å²) in [5.41, 5.74) is 1.62. The van der Waals surface area contributed by atoms with Crippen LogP contribution in [0.25, 0.3) is 11.2 Å². The highest BCUT2D eigenvalue weighted by Crippen LogP contribution is 2.15. The minimum Gasteiger partial charge on any atom is -0.348 e. The van der Waals surface area contributed by atoms with Gasteiger partial charge in [-0.25, -0.2) is 9.97 Å². The van der Waals surface area contributed by atoms with Gasteiger partial charge >= 0.3 is 0 Å². The second-order valence-electron chi connectivity index (χ2n) is 6.27. The summed E-state index contributed by atoms with van der Waals surface area (Å²) < 4.78 is 3.09. The minimum atomic E-state index is -0.178. The Morgan fingerprint density at radius 2 is 1.85 bits per heavy atom. The van der Waals surface area contributed by atoms with Crippen molar-refractivity contribution in [1.82, 2.24) is 29.2 Å². The van der Waals surface area contributed by atoms with E-state index in [9.17, 15) is 9.59 Å². The molecule has 26 heavy (non-hydrogen) atoms. The number of amides is 1. The molecular formula is C17H19N7O2. The number of nitrogens with zero attached hydrogens (tertiary/aromatic N) is 7. The molecule has 0 spiro atoms. The molecule has 0 radical (unpaired) electrons. The maximum Gasteiger partial charge on any atom is 0.294 e.